The maximum absolute atomic E-state index is 11.6. The number of amides is 2. The molecule has 0 unspecified atom stereocenters. The summed E-state index contributed by atoms with van der Waals surface area (Å²) in [6.45, 7) is 4.07. The van der Waals surface area contributed by atoms with Crippen molar-refractivity contribution < 1.29 is 14.7 Å². The molecule has 0 saturated carbocycles. The number of pyridine rings is 1. The number of aryl methyl sites for hydroxylation is 1. The molecule has 3 N–H and O–H groups in total. The van der Waals surface area contributed by atoms with Crippen LogP contribution in [0.3, 0.4) is 0 Å². The molecule has 0 spiro atoms. The molecule has 0 bridgehead atoms. The van der Waals surface area contributed by atoms with Crippen LogP contribution >= 0.6 is 0 Å². The second-order valence-corrected chi connectivity index (χ2v) is 4.31. The normalized spacial score (nSPS) is 11.7. The topological polar surface area (TPSA) is 91.3 Å². The van der Waals surface area contributed by atoms with Crippen molar-refractivity contribution in [2.75, 3.05) is 0 Å². The number of urea groups is 1. The molecule has 19 heavy (non-hydrogen) atoms. The van der Waals surface area contributed by atoms with Crippen LogP contribution in [0.4, 0.5) is 4.79 Å². The molecule has 0 aliphatic carbocycles. The predicted octanol–water partition coefficient (Wildman–Crippen LogP) is 1.44. The second kappa shape index (κ2) is 7.35. The van der Waals surface area contributed by atoms with E-state index in [1.807, 2.05) is 26.0 Å². The van der Waals surface area contributed by atoms with Gasteiger partial charge in [0.05, 0.1) is 0 Å². The van der Waals surface area contributed by atoms with E-state index >= 15 is 0 Å². The van der Waals surface area contributed by atoms with E-state index in [-0.39, 0.29) is 0 Å². The van der Waals surface area contributed by atoms with E-state index in [0.29, 0.717) is 19.4 Å². The number of carboxylic acids is 1. The van der Waals surface area contributed by atoms with Gasteiger partial charge in [-0.3, -0.25) is 4.98 Å². The van der Waals surface area contributed by atoms with Crippen LogP contribution in [0.1, 0.15) is 31.0 Å². The first-order valence-corrected chi connectivity index (χ1v) is 6.21. The zero-order chi connectivity index (χ0) is 14.3. The van der Waals surface area contributed by atoms with Crippen LogP contribution in [0.2, 0.25) is 0 Å². The number of nitrogens with zero attached hydrogens (tertiary/aromatic N) is 1. The fourth-order valence-corrected chi connectivity index (χ4v) is 1.54. The number of rotatable bonds is 6. The van der Waals surface area contributed by atoms with Crippen LogP contribution in [0, 0.1) is 6.92 Å². The minimum absolute atomic E-state index is 0.317. The van der Waals surface area contributed by atoms with Crippen molar-refractivity contribution >= 4 is 12.0 Å². The van der Waals surface area contributed by atoms with Crippen molar-refractivity contribution in [2.45, 2.75) is 39.3 Å². The Kier molecular flexibility index (Phi) is 5.78. The smallest absolute Gasteiger partial charge is 0.326 e. The standard InChI is InChI=1S/C13H19N3O3/c1-3-4-11(12(17)18)16-13(19)15-8-10-6-5-9(2)14-7-10/h5-7,11H,3-4,8H2,1-2H3,(H,17,18)(H2,15,16,19)/t11-/m0/s1. The molecular weight excluding hydrogens is 246 g/mol. The van der Waals surface area contributed by atoms with E-state index in [9.17, 15) is 9.59 Å². The van der Waals surface area contributed by atoms with E-state index in [2.05, 4.69) is 15.6 Å². The molecule has 1 rings (SSSR count). The van der Waals surface area contributed by atoms with Crippen LogP contribution < -0.4 is 10.6 Å². The first kappa shape index (κ1) is 14.9. The largest absolute Gasteiger partial charge is 0.480 e. The lowest BCUT2D eigenvalue weighted by atomic mass is 10.2. The van der Waals surface area contributed by atoms with Gasteiger partial charge in [-0.15, -0.1) is 0 Å². The van der Waals surface area contributed by atoms with E-state index in [4.69, 9.17) is 5.11 Å². The molecule has 6 heteroatoms. The van der Waals surface area contributed by atoms with Crippen molar-refractivity contribution in [2.24, 2.45) is 0 Å². The SMILES string of the molecule is CCC[C@H](NC(=O)NCc1ccc(C)nc1)C(=O)O. The monoisotopic (exact) mass is 265 g/mol. The third kappa shape index (κ3) is 5.37. The van der Waals surface area contributed by atoms with Gasteiger partial charge in [0.1, 0.15) is 6.04 Å². The van der Waals surface area contributed by atoms with Crippen molar-refractivity contribution in [3.05, 3.63) is 29.6 Å². The molecule has 1 aromatic rings. The van der Waals surface area contributed by atoms with Gasteiger partial charge in [0, 0.05) is 18.4 Å². The summed E-state index contributed by atoms with van der Waals surface area (Å²) in [5.41, 5.74) is 1.77. The number of hydrogen-bond donors (Lipinski definition) is 3. The number of nitrogens with one attached hydrogen (secondary N) is 2. The van der Waals surface area contributed by atoms with Crippen molar-refractivity contribution in [3.63, 3.8) is 0 Å². The average molecular weight is 265 g/mol. The Labute approximate surface area is 112 Å². The van der Waals surface area contributed by atoms with Crippen LogP contribution in [-0.2, 0) is 11.3 Å². The quantitative estimate of drug-likeness (QED) is 0.726. The molecule has 2 amide bonds. The Morgan fingerprint density at radius 2 is 2.16 bits per heavy atom. The molecule has 0 aromatic carbocycles. The highest BCUT2D eigenvalue weighted by atomic mass is 16.4. The van der Waals surface area contributed by atoms with Gasteiger partial charge in [-0.05, 0) is 25.0 Å². The summed E-state index contributed by atoms with van der Waals surface area (Å²) in [6, 6.07) is 2.39. The van der Waals surface area contributed by atoms with Crippen molar-refractivity contribution in [3.8, 4) is 0 Å². The van der Waals surface area contributed by atoms with Gasteiger partial charge < -0.3 is 15.7 Å². The van der Waals surface area contributed by atoms with Crippen LogP contribution in [0.25, 0.3) is 0 Å². The number of aliphatic carboxylic acids is 1. The summed E-state index contributed by atoms with van der Waals surface area (Å²) < 4.78 is 0. The Morgan fingerprint density at radius 1 is 1.42 bits per heavy atom. The summed E-state index contributed by atoms with van der Waals surface area (Å²) in [4.78, 5) is 26.6. The molecule has 1 atom stereocenters. The number of carbonyl (C=O) groups is 2. The number of hydrogen-bond acceptors (Lipinski definition) is 3. The summed E-state index contributed by atoms with van der Waals surface area (Å²) in [5.74, 6) is -1.02. The van der Waals surface area contributed by atoms with Crippen molar-refractivity contribution in [1.29, 1.82) is 0 Å². The van der Waals surface area contributed by atoms with Crippen LogP contribution in [-0.4, -0.2) is 28.1 Å². The Hall–Kier alpha value is -2.11. The molecule has 0 saturated heterocycles. The first-order chi connectivity index (χ1) is 9.02. The molecule has 0 radical (unpaired) electrons. The number of aromatic nitrogens is 1. The number of carbonyl (C=O) groups excluding carboxylic acids is 1. The highest BCUT2D eigenvalue weighted by molar-refractivity contribution is 5.82. The lowest BCUT2D eigenvalue weighted by Gasteiger charge is -2.14. The second-order valence-electron chi connectivity index (χ2n) is 4.31. The zero-order valence-corrected chi connectivity index (χ0v) is 11.1. The molecule has 1 aromatic heterocycles. The van der Waals surface area contributed by atoms with Gasteiger partial charge in [0.25, 0.3) is 0 Å². The van der Waals surface area contributed by atoms with E-state index in [0.717, 1.165) is 11.3 Å². The third-order valence-electron chi connectivity index (χ3n) is 2.61. The lowest BCUT2D eigenvalue weighted by molar-refractivity contribution is -0.139. The molecule has 6 nitrogen and oxygen atoms in total. The van der Waals surface area contributed by atoms with Gasteiger partial charge in [0.15, 0.2) is 0 Å². The maximum Gasteiger partial charge on any atom is 0.326 e. The predicted molar refractivity (Wildman–Crippen MR) is 70.7 cm³/mol. The van der Waals surface area contributed by atoms with E-state index in [1.54, 1.807) is 6.20 Å². The minimum Gasteiger partial charge on any atom is -0.480 e. The summed E-state index contributed by atoms with van der Waals surface area (Å²) in [5, 5.41) is 14.0. The average Bonchev–Trinajstić information content (AvgIpc) is 2.37. The Morgan fingerprint density at radius 3 is 2.68 bits per heavy atom. The van der Waals surface area contributed by atoms with Crippen molar-refractivity contribution in [1.82, 2.24) is 15.6 Å². The van der Waals surface area contributed by atoms with Gasteiger partial charge in [-0.2, -0.15) is 0 Å². The van der Waals surface area contributed by atoms with Gasteiger partial charge >= 0.3 is 12.0 Å². The molecular formula is C13H19N3O3. The molecule has 0 aliphatic heterocycles. The van der Waals surface area contributed by atoms with Gasteiger partial charge in [-0.25, -0.2) is 9.59 Å². The van der Waals surface area contributed by atoms with Gasteiger partial charge in [0.2, 0.25) is 0 Å². The fraction of sp³-hybridized carbons (Fsp3) is 0.462. The van der Waals surface area contributed by atoms with E-state index < -0.39 is 18.0 Å². The molecule has 104 valence electrons. The molecule has 0 aliphatic rings. The fourth-order valence-electron chi connectivity index (χ4n) is 1.54. The third-order valence-corrected chi connectivity index (χ3v) is 2.61. The summed E-state index contributed by atoms with van der Waals surface area (Å²) >= 11 is 0. The highest BCUT2D eigenvalue weighted by Gasteiger charge is 2.18. The maximum atomic E-state index is 11.6. The van der Waals surface area contributed by atoms with Crippen LogP contribution in [0.15, 0.2) is 18.3 Å². The molecule has 1 heterocycles. The zero-order valence-electron chi connectivity index (χ0n) is 11.1. The Bertz CT molecular complexity index is 431. The van der Waals surface area contributed by atoms with E-state index in [1.165, 1.54) is 0 Å². The van der Waals surface area contributed by atoms with Crippen LogP contribution in [0.5, 0.6) is 0 Å². The summed E-state index contributed by atoms with van der Waals surface area (Å²) in [6.07, 6.45) is 2.78. The van der Waals surface area contributed by atoms with Gasteiger partial charge in [-0.1, -0.05) is 19.4 Å². The first-order valence-electron chi connectivity index (χ1n) is 6.21. The highest BCUT2D eigenvalue weighted by Crippen LogP contribution is 1.99. The minimum atomic E-state index is -1.02. The molecule has 0 fully saturated rings. The summed E-state index contributed by atoms with van der Waals surface area (Å²) in [7, 11) is 0. The Balaban J connectivity index is 2.42. The number of carboxylic acid groups (broad SMARTS) is 1. The lowest BCUT2D eigenvalue weighted by Crippen LogP contribution is -2.45.